The number of hydrogen-bond donors (Lipinski definition) is 0. The van der Waals surface area contributed by atoms with Gasteiger partial charge in [0.2, 0.25) is 0 Å². The van der Waals surface area contributed by atoms with Crippen molar-refractivity contribution in [3.05, 3.63) is 69.8 Å². The second-order valence-corrected chi connectivity index (χ2v) is 4.42. The fourth-order valence-electron chi connectivity index (χ4n) is 2.04. The average molecular weight is 276 g/mol. The van der Waals surface area contributed by atoms with Gasteiger partial charge >= 0.3 is 0 Å². The summed E-state index contributed by atoms with van der Waals surface area (Å²) in [6.07, 6.45) is 4.85. The zero-order valence-electron chi connectivity index (χ0n) is 10.1. The van der Waals surface area contributed by atoms with Gasteiger partial charge in [0.25, 0.3) is 0 Å². The highest BCUT2D eigenvalue weighted by atomic mass is 19.2. The highest BCUT2D eigenvalue weighted by molar-refractivity contribution is 5.76. The zero-order chi connectivity index (χ0) is 14.3. The molecule has 0 nitrogen and oxygen atoms in total. The second-order valence-electron chi connectivity index (χ2n) is 4.42. The molecule has 4 aliphatic carbocycles. The first-order chi connectivity index (χ1) is 9.58. The summed E-state index contributed by atoms with van der Waals surface area (Å²) in [6, 6.07) is 6.97. The van der Waals surface area contributed by atoms with Gasteiger partial charge in [0, 0.05) is 0 Å². The Hall–Kier alpha value is -2.36. The summed E-state index contributed by atoms with van der Waals surface area (Å²) in [5.74, 6) is -5.57. The molecule has 0 aromatic heterocycles. The molecule has 0 spiro atoms. The Bertz CT molecular complexity index is 647. The van der Waals surface area contributed by atoms with Gasteiger partial charge in [-0.1, -0.05) is 36.4 Å². The van der Waals surface area contributed by atoms with Crippen molar-refractivity contribution < 1.29 is 17.6 Å². The minimum Gasteiger partial charge on any atom is -0.203 e. The van der Waals surface area contributed by atoms with Crippen LogP contribution in [0.2, 0.25) is 0 Å². The van der Waals surface area contributed by atoms with E-state index < -0.39 is 34.4 Å². The molecule has 2 aromatic rings. The largest absolute Gasteiger partial charge is 0.203 e. The molecule has 0 saturated carbocycles. The van der Waals surface area contributed by atoms with Crippen molar-refractivity contribution in [1.82, 2.24) is 0 Å². The first-order valence-electron chi connectivity index (χ1n) is 5.90. The predicted molar refractivity (Wildman–Crippen MR) is 70.6 cm³/mol. The zero-order valence-corrected chi connectivity index (χ0v) is 10.1. The molecule has 0 N–H and O–H groups in total. The van der Waals surface area contributed by atoms with E-state index in [1.807, 2.05) is 0 Å². The molecule has 0 radical (unpaired) electrons. The van der Waals surface area contributed by atoms with E-state index in [1.54, 1.807) is 24.3 Å². The van der Waals surface area contributed by atoms with E-state index >= 15 is 0 Å². The van der Waals surface area contributed by atoms with E-state index in [9.17, 15) is 17.6 Å². The monoisotopic (exact) mass is 276 g/mol. The van der Waals surface area contributed by atoms with E-state index in [4.69, 9.17) is 0 Å². The van der Waals surface area contributed by atoms with Crippen LogP contribution in [0, 0.1) is 23.3 Å². The van der Waals surface area contributed by atoms with E-state index in [2.05, 4.69) is 0 Å². The third-order valence-corrected chi connectivity index (χ3v) is 3.15. The van der Waals surface area contributed by atoms with Crippen LogP contribution in [0.25, 0.3) is 24.3 Å². The Morgan fingerprint density at radius 2 is 0.750 bits per heavy atom. The summed E-state index contributed by atoms with van der Waals surface area (Å²) < 4.78 is 55.2. The van der Waals surface area contributed by atoms with Crippen LogP contribution in [0.3, 0.4) is 0 Å². The van der Waals surface area contributed by atoms with Crippen LogP contribution in [-0.4, -0.2) is 0 Å². The molecular formula is C16H8F4. The molecule has 20 heavy (non-hydrogen) atoms. The van der Waals surface area contributed by atoms with Crippen molar-refractivity contribution >= 4 is 24.3 Å². The standard InChI is InChI=1S/C16H8F4/c17-13-11-7-5-9-1-2-10(4-3-9)6-8-12(15(13)19)16(20)14(11)18/h1-8H/b7-5-,8-6-,9-5?,10-6?,11-7?,12-8?. The smallest absolute Gasteiger partial charge is 0.169 e. The molecule has 0 atom stereocenters. The van der Waals surface area contributed by atoms with Gasteiger partial charge in [-0.2, -0.15) is 0 Å². The molecule has 0 unspecified atom stereocenters. The fourth-order valence-corrected chi connectivity index (χ4v) is 2.04. The van der Waals surface area contributed by atoms with Gasteiger partial charge in [-0.25, -0.2) is 17.6 Å². The van der Waals surface area contributed by atoms with Crippen LogP contribution in [0.1, 0.15) is 22.3 Å². The third-order valence-electron chi connectivity index (χ3n) is 3.15. The molecular weight excluding hydrogens is 268 g/mol. The molecule has 4 aliphatic rings. The van der Waals surface area contributed by atoms with Gasteiger partial charge in [-0.05, 0) is 23.3 Å². The fraction of sp³-hybridized carbons (Fsp3) is 0. The van der Waals surface area contributed by atoms with E-state index in [0.29, 0.717) is 11.1 Å². The first kappa shape index (κ1) is 12.7. The second kappa shape index (κ2) is 4.63. The maximum absolute atomic E-state index is 13.8. The van der Waals surface area contributed by atoms with Crippen molar-refractivity contribution in [2.75, 3.05) is 0 Å². The van der Waals surface area contributed by atoms with Crippen LogP contribution < -0.4 is 0 Å². The molecule has 0 aliphatic heterocycles. The predicted octanol–water partition coefficient (Wildman–Crippen LogP) is 4.90. The molecule has 0 heterocycles. The summed E-state index contributed by atoms with van der Waals surface area (Å²) >= 11 is 0. The molecule has 0 amide bonds. The minimum atomic E-state index is -1.39. The Balaban J connectivity index is 2.37. The molecule has 6 rings (SSSR count). The Kier molecular flexibility index (Phi) is 2.93. The topological polar surface area (TPSA) is 0 Å². The number of benzene rings is 2. The summed E-state index contributed by atoms with van der Waals surface area (Å²) in [5.41, 5.74) is -0.0959. The van der Waals surface area contributed by atoms with Gasteiger partial charge in [-0.3, -0.25) is 0 Å². The SMILES string of the molecule is Fc1c(F)c2c(F)c(F)c1/C=C\c1ccc(cc1)/C=C\2. The lowest BCUT2D eigenvalue weighted by Gasteiger charge is -2.08. The van der Waals surface area contributed by atoms with Crippen molar-refractivity contribution in [3.8, 4) is 0 Å². The van der Waals surface area contributed by atoms with Crippen molar-refractivity contribution in [2.24, 2.45) is 0 Å². The van der Waals surface area contributed by atoms with E-state index in [0.717, 1.165) is 12.2 Å². The quantitative estimate of drug-likeness (QED) is 0.405. The van der Waals surface area contributed by atoms with Gasteiger partial charge in [0.15, 0.2) is 23.3 Å². The maximum Gasteiger partial charge on any atom is 0.169 e. The molecule has 0 saturated heterocycles. The van der Waals surface area contributed by atoms with Crippen LogP contribution in [0.5, 0.6) is 0 Å². The normalized spacial score (nSPS) is 15.8. The first-order valence-corrected chi connectivity index (χ1v) is 5.90. The molecule has 4 heteroatoms. The summed E-state index contributed by atoms with van der Waals surface area (Å²) in [6.45, 7) is 0. The van der Waals surface area contributed by atoms with Crippen LogP contribution in [0.4, 0.5) is 17.6 Å². The van der Waals surface area contributed by atoms with Crippen molar-refractivity contribution in [1.29, 1.82) is 0 Å². The van der Waals surface area contributed by atoms with E-state index in [1.165, 1.54) is 12.2 Å². The maximum atomic E-state index is 13.8. The van der Waals surface area contributed by atoms with Gasteiger partial charge in [0.1, 0.15) is 0 Å². The Morgan fingerprint density at radius 3 is 1.05 bits per heavy atom. The lowest BCUT2D eigenvalue weighted by atomic mass is 10.0. The van der Waals surface area contributed by atoms with Crippen molar-refractivity contribution in [3.63, 3.8) is 0 Å². The number of hydrogen-bond acceptors (Lipinski definition) is 0. The molecule has 100 valence electrons. The van der Waals surface area contributed by atoms with Gasteiger partial charge in [0.05, 0.1) is 11.1 Å². The van der Waals surface area contributed by atoms with E-state index in [-0.39, 0.29) is 0 Å². The highest BCUT2D eigenvalue weighted by Gasteiger charge is 2.22. The van der Waals surface area contributed by atoms with Gasteiger partial charge < -0.3 is 0 Å². The Morgan fingerprint density at radius 1 is 0.450 bits per heavy atom. The minimum absolute atomic E-state index is 0.673. The summed E-state index contributed by atoms with van der Waals surface area (Å²) in [5, 5.41) is 0. The van der Waals surface area contributed by atoms with Gasteiger partial charge in [-0.15, -0.1) is 0 Å². The third kappa shape index (κ3) is 1.93. The van der Waals surface area contributed by atoms with Crippen LogP contribution >= 0.6 is 0 Å². The summed E-state index contributed by atoms with van der Waals surface area (Å²) in [7, 11) is 0. The highest BCUT2D eigenvalue weighted by Crippen LogP contribution is 2.28. The molecule has 0 fully saturated rings. The lowest BCUT2D eigenvalue weighted by Crippen LogP contribution is -2.03. The molecule has 4 bridgehead atoms. The average Bonchev–Trinajstić information content (AvgIpc) is 2.45. The number of rotatable bonds is 0. The van der Waals surface area contributed by atoms with Crippen LogP contribution in [0.15, 0.2) is 24.3 Å². The Labute approximate surface area is 112 Å². The summed E-state index contributed by atoms with van der Waals surface area (Å²) in [4.78, 5) is 0. The van der Waals surface area contributed by atoms with Crippen molar-refractivity contribution in [2.45, 2.75) is 0 Å². The lowest BCUT2D eigenvalue weighted by molar-refractivity contribution is 0.448. The van der Waals surface area contributed by atoms with Crippen LogP contribution in [-0.2, 0) is 0 Å². The molecule has 2 aromatic carbocycles. The number of halogens is 4.